The third-order valence-corrected chi connectivity index (χ3v) is 2.90. The van der Waals surface area contributed by atoms with Crippen molar-refractivity contribution in [2.75, 3.05) is 13.6 Å². The molecule has 4 nitrogen and oxygen atoms in total. The normalized spacial score (nSPS) is 14.0. The van der Waals surface area contributed by atoms with Crippen LogP contribution < -0.4 is 0 Å². The van der Waals surface area contributed by atoms with Crippen molar-refractivity contribution < 1.29 is 15.3 Å². The fourth-order valence-electron chi connectivity index (χ4n) is 1.45. The van der Waals surface area contributed by atoms with Crippen molar-refractivity contribution in [2.45, 2.75) is 32.4 Å². The van der Waals surface area contributed by atoms with Gasteiger partial charge in [0.1, 0.15) is 11.5 Å². The summed E-state index contributed by atoms with van der Waals surface area (Å²) in [6.45, 7) is 6.60. The van der Waals surface area contributed by atoms with Gasteiger partial charge in [0.2, 0.25) is 0 Å². The van der Waals surface area contributed by atoms with Crippen LogP contribution in [0.2, 0.25) is 0 Å². The van der Waals surface area contributed by atoms with Crippen LogP contribution >= 0.6 is 0 Å². The number of aromatic hydroxyl groups is 2. The first kappa shape index (κ1) is 13.8. The molecule has 0 spiro atoms. The SMILES string of the molecule is CN(CC(O)c1cc(O)cc(O)c1)C(C)(C)C. The highest BCUT2D eigenvalue weighted by Crippen LogP contribution is 2.26. The van der Waals surface area contributed by atoms with Crippen molar-refractivity contribution in [1.82, 2.24) is 4.90 Å². The zero-order valence-electron chi connectivity index (χ0n) is 10.8. The fourth-order valence-corrected chi connectivity index (χ4v) is 1.45. The van der Waals surface area contributed by atoms with Crippen LogP contribution in [-0.2, 0) is 0 Å². The van der Waals surface area contributed by atoms with Crippen LogP contribution in [0.5, 0.6) is 11.5 Å². The number of phenols is 2. The van der Waals surface area contributed by atoms with Gasteiger partial charge in [0.15, 0.2) is 0 Å². The van der Waals surface area contributed by atoms with Gasteiger partial charge < -0.3 is 15.3 Å². The number of β-amino-alcohol motifs (C(OH)–C–C–N with tert-alkyl or cyclic N) is 1. The minimum Gasteiger partial charge on any atom is -0.508 e. The monoisotopic (exact) mass is 239 g/mol. The number of likely N-dealkylation sites (N-methyl/N-ethyl adjacent to an activating group) is 1. The number of aliphatic hydroxyl groups is 1. The molecule has 0 aliphatic rings. The molecule has 0 amide bonds. The minimum absolute atomic E-state index is 0.0418. The van der Waals surface area contributed by atoms with Gasteiger partial charge in [-0.1, -0.05) is 0 Å². The largest absolute Gasteiger partial charge is 0.508 e. The molecule has 1 atom stereocenters. The number of aliphatic hydroxyl groups excluding tert-OH is 1. The quantitative estimate of drug-likeness (QED) is 0.753. The molecule has 1 rings (SSSR count). The summed E-state index contributed by atoms with van der Waals surface area (Å²) in [5, 5.41) is 28.7. The van der Waals surface area contributed by atoms with E-state index in [-0.39, 0.29) is 17.0 Å². The number of hydrogen-bond donors (Lipinski definition) is 3. The molecule has 0 aliphatic heterocycles. The maximum Gasteiger partial charge on any atom is 0.119 e. The van der Waals surface area contributed by atoms with E-state index in [0.717, 1.165) is 0 Å². The molecule has 0 saturated heterocycles. The second-order valence-corrected chi connectivity index (χ2v) is 5.35. The van der Waals surface area contributed by atoms with Gasteiger partial charge in [0.05, 0.1) is 6.10 Å². The average Bonchev–Trinajstić information content (AvgIpc) is 2.14. The van der Waals surface area contributed by atoms with E-state index in [1.54, 1.807) is 0 Å². The molecule has 0 aromatic heterocycles. The standard InChI is InChI=1S/C13H21NO3/c1-13(2,3)14(4)8-12(17)9-5-10(15)7-11(16)6-9/h5-7,12,15-17H,8H2,1-4H3. The number of phenolic OH excluding ortho intramolecular Hbond substituents is 2. The van der Waals surface area contributed by atoms with Crippen LogP contribution in [0.25, 0.3) is 0 Å². The Labute approximate surface area is 102 Å². The van der Waals surface area contributed by atoms with E-state index in [2.05, 4.69) is 20.8 Å². The first-order valence-corrected chi connectivity index (χ1v) is 5.62. The van der Waals surface area contributed by atoms with Gasteiger partial charge in [0, 0.05) is 18.2 Å². The average molecular weight is 239 g/mol. The van der Waals surface area contributed by atoms with Gasteiger partial charge in [0.25, 0.3) is 0 Å². The van der Waals surface area contributed by atoms with Crippen molar-refractivity contribution in [1.29, 1.82) is 0 Å². The van der Waals surface area contributed by atoms with Crippen LogP contribution in [0.3, 0.4) is 0 Å². The molecule has 0 radical (unpaired) electrons. The molecule has 0 heterocycles. The maximum absolute atomic E-state index is 10.0. The Morgan fingerprint density at radius 3 is 2.00 bits per heavy atom. The second-order valence-electron chi connectivity index (χ2n) is 5.35. The van der Waals surface area contributed by atoms with Crippen LogP contribution in [0.4, 0.5) is 0 Å². The topological polar surface area (TPSA) is 63.9 Å². The highest BCUT2D eigenvalue weighted by atomic mass is 16.3. The van der Waals surface area contributed by atoms with Crippen LogP contribution in [0.1, 0.15) is 32.4 Å². The lowest BCUT2D eigenvalue weighted by Gasteiger charge is -2.33. The molecule has 3 N–H and O–H groups in total. The van der Waals surface area contributed by atoms with E-state index in [1.807, 2.05) is 11.9 Å². The molecule has 1 unspecified atom stereocenters. The summed E-state index contributed by atoms with van der Waals surface area (Å²) in [6.07, 6.45) is -0.739. The summed E-state index contributed by atoms with van der Waals surface area (Å²) in [6, 6.07) is 4.16. The third-order valence-electron chi connectivity index (χ3n) is 2.90. The van der Waals surface area contributed by atoms with Crippen molar-refractivity contribution in [3.05, 3.63) is 23.8 Å². The van der Waals surface area contributed by atoms with Gasteiger partial charge in [-0.2, -0.15) is 0 Å². The Hall–Kier alpha value is -1.26. The summed E-state index contributed by atoms with van der Waals surface area (Å²) < 4.78 is 0. The van der Waals surface area contributed by atoms with Crippen LogP contribution in [0.15, 0.2) is 18.2 Å². The first-order chi connectivity index (χ1) is 7.70. The predicted molar refractivity (Wildman–Crippen MR) is 67.1 cm³/mol. The van der Waals surface area contributed by atoms with E-state index in [9.17, 15) is 15.3 Å². The Morgan fingerprint density at radius 1 is 1.12 bits per heavy atom. The maximum atomic E-state index is 10.0. The summed E-state index contributed by atoms with van der Waals surface area (Å²) in [7, 11) is 1.92. The molecule has 0 aliphatic carbocycles. The number of nitrogens with zero attached hydrogens (tertiary/aromatic N) is 1. The molecular weight excluding hydrogens is 218 g/mol. The third kappa shape index (κ3) is 3.91. The van der Waals surface area contributed by atoms with E-state index < -0.39 is 6.10 Å². The Kier molecular flexibility index (Phi) is 4.01. The highest BCUT2D eigenvalue weighted by Gasteiger charge is 2.21. The van der Waals surface area contributed by atoms with Crippen molar-refractivity contribution in [3.63, 3.8) is 0 Å². The van der Waals surface area contributed by atoms with Crippen molar-refractivity contribution in [3.8, 4) is 11.5 Å². The molecule has 17 heavy (non-hydrogen) atoms. The molecule has 96 valence electrons. The summed E-state index contributed by atoms with van der Waals surface area (Å²) in [5.41, 5.74) is 0.471. The minimum atomic E-state index is -0.739. The summed E-state index contributed by atoms with van der Waals surface area (Å²) >= 11 is 0. The molecule has 1 aromatic rings. The van der Waals surface area contributed by atoms with Gasteiger partial charge >= 0.3 is 0 Å². The fraction of sp³-hybridized carbons (Fsp3) is 0.538. The zero-order valence-corrected chi connectivity index (χ0v) is 10.8. The van der Waals surface area contributed by atoms with Crippen LogP contribution in [0, 0.1) is 0 Å². The van der Waals surface area contributed by atoms with Crippen molar-refractivity contribution >= 4 is 0 Å². The predicted octanol–water partition coefficient (Wildman–Crippen LogP) is 1.86. The highest BCUT2D eigenvalue weighted by molar-refractivity contribution is 5.37. The number of rotatable bonds is 3. The van der Waals surface area contributed by atoms with Gasteiger partial charge in [-0.3, -0.25) is 4.90 Å². The van der Waals surface area contributed by atoms with E-state index in [4.69, 9.17) is 0 Å². The zero-order chi connectivity index (χ0) is 13.2. The van der Waals surface area contributed by atoms with E-state index in [1.165, 1.54) is 18.2 Å². The van der Waals surface area contributed by atoms with Gasteiger partial charge in [-0.05, 0) is 45.5 Å². The number of hydrogen-bond acceptors (Lipinski definition) is 4. The second kappa shape index (κ2) is 4.94. The molecule has 0 bridgehead atoms. The summed E-state index contributed by atoms with van der Waals surface area (Å²) in [4.78, 5) is 2.01. The van der Waals surface area contributed by atoms with Crippen LogP contribution in [-0.4, -0.2) is 39.4 Å². The lowest BCUT2D eigenvalue weighted by molar-refractivity contribution is 0.0787. The lowest BCUT2D eigenvalue weighted by atomic mass is 10.0. The Bertz CT molecular complexity index is 364. The van der Waals surface area contributed by atoms with Gasteiger partial charge in [-0.25, -0.2) is 0 Å². The molecular formula is C13H21NO3. The first-order valence-electron chi connectivity index (χ1n) is 5.62. The lowest BCUT2D eigenvalue weighted by Crippen LogP contribution is -2.40. The smallest absolute Gasteiger partial charge is 0.119 e. The molecule has 4 heteroatoms. The number of benzene rings is 1. The van der Waals surface area contributed by atoms with Crippen molar-refractivity contribution in [2.24, 2.45) is 0 Å². The summed E-state index contributed by atoms with van der Waals surface area (Å²) in [5.74, 6) is -0.0880. The molecule has 1 aromatic carbocycles. The van der Waals surface area contributed by atoms with Gasteiger partial charge in [-0.15, -0.1) is 0 Å². The van der Waals surface area contributed by atoms with E-state index >= 15 is 0 Å². The van der Waals surface area contributed by atoms with E-state index in [0.29, 0.717) is 12.1 Å². The Morgan fingerprint density at radius 2 is 1.59 bits per heavy atom. The Balaban J connectivity index is 2.79. The molecule has 0 saturated carbocycles. The molecule has 0 fully saturated rings.